The molecule has 2 rings (SSSR count). The number of rotatable bonds is 1. The summed E-state index contributed by atoms with van der Waals surface area (Å²) in [4.78, 5) is 27.1. The highest BCUT2D eigenvalue weighted by molar-refractivity contribution is 5.83. The number of aliphatic carboxylic acids is 1. The molecular formula is C13H22N2O3. The molecule has 2 aliphatic heterocycles. The van der Waals surface area contributed by atoms with Gasteiger partial charge in [0.2, 0.25) is 0 Å². The number of likely N-dealkylation sites (tertiary alicyclic amines) is 2. The van der Waals surface area contributed by atoms with Crippen molar-refractivity contribution in [2.75, 3.05) is 19.6 Å². The summed E-state index contributed by atoms with van der Waals surface area (Å²) in [5, 5.41) is 9.24. The van der Waals surface area contributed by atoms with Crippen LogP contribution in [-0.2, 0) is 4.79 Å². The standard InChI is InChI=1S/C13H22N2O3/c1-10-6-9-15(11(10)12(16)17)13(18)14-7-4-2-3-5-8-14/h10-11H,2-9H2,1H3,(H,16,17). The first-order chi connectivity index (χ1) is 8.61. The van der Waals surface area contributed by atoms with E-state index < -0.39 is 12.0 Å². The van der Waals surface area contributed by atoms with Gasteiger partial charge >= 0.3 is 12.0 Å². The largest absolute Gasteiger partial charge is 0.480 e. The van der Waals surface area contributed by atoms with Crippen molar-refractivity contribution in [3.8, 4) is 0 Å². The van der Waals surface area contributed by atoms with Crippen molar-refractivity contribution in [3.05, 3.63) is 0 Å². The zero-order valence-corrected chi connectivity index (χ0v) is 11.0. The van der Waals surface area contributed by atoms with Gasteiger partial charge in [-0.1, -0.05) is 19.8 Å². The molecule has 0 aromatic heterocycles. The van der Waals surface area contributed by atoms with Crippen molar-refractivity contribution in [2.24, 2.45) is 5.92 Å². The molecular weight excluding hydrogens is 232 g/mol. The van der Waals surface area contributed by atoms with Crippen LogP contribution in [0.4, 0.5) is 4.79 Å². The molecule has 102 valence electrons. The Hall–Kier alpha value is -1.26. The molecule has 2 atom stereocenters. The van der Waals surface area contributed by atoms with Crippen LogP contribution in [0.25, 0.3) is 0 Å². The summed E-state index contributed by atoms with van der Waals surface area (Å²) in [7, 11) is 0. The molecule has 0 aromatic rings. The van der Waals surface area contributed by atoms with Gasteiger partial charge in [0, 0.05) is 19.6 Å². The Morgan fingerprint density at radius 2 is 1.67 bits per heavy atom. The lowest BCUT2D eigenvalue weighted by Crippen LogP contribution is -2.49. The predicted molar refractivity (Wildman–Crippen MR) is 67.3 cm³/mol. The van der Waals surface area contributed by atoms with Crippen LogP contribution in [-0.4, -0.2) is 52.6 Å². The fourth-order valence-corrected chi connectivity index (χ4v) is 2.98. The summed E-state index contributed by atoms with van der Waals surface area (Å²) in [6, 6.07) is -0.714. The summed E-state index contributed by atoms with van der Waals surface area (Å²) in [5.74, 6) is -0.818. The van der Waals surface area contributed by atoms with Crippen LogP contribution in [0.2, 0.25) is 0 Å². The number of carboxylic acids is 1. The molecule has 2 heterocycles. The van der Waals surface area contributed by atoms with E-state index >= 15 is 0 Å². The second-order valence-corrected chi connectivity index (χ2v) is 5.43. The van der Waals surface area contributed by atoms with E-state index in [1.54, 1.807) is 4.90 Å². The number of amides is 2. The van der Waals surface area contributed by atoms with Crippen LogP contribution in [0.15, 0.2) is 0 Å². The third-order valence-electron chi connectivity index (χ3n) is 4.08. The molecule has 1 N–H and O–H groups in total. The second kappa shape index (κ2) is 5.59. The topological polar surface area (TPSA) is 60.9 Å². The Morgan fingerprint density at radius 1 is 1.06 bits per heavy atom. The van der Waals surface area contributed by atoms with E-state index in [4.69, 9.17) is 0 Å². The van der Waals surface area contributed by atoms with E-state index in [0.717, 1.165) is 32.4 Å². The van der Waals surface area contributed by atoms with Crippen LogP contribution in [0, 0.1) is 5.92 Å². The smallest absolute Gasteiger partial charge is 0.326 e. The van der Waals surface area contributed by atoms with Crippen molar-refractivity contribution in [1.82, 2.24) is 9.80 Å². The highest BCUT2D eigenvalue weighted by atomic mass is 16.4. The maximum Gasteiger partial charge on any atom is 0.326 e. The van der Waals surface area contributed by atoms with Gasteiger partial charge in [0.1, 0.15) is 6.04 Å². The Labute approximate surface area is 108 Å². The first kappa shape index (κ1) is 13.2. The molecule has 2 aliphatic rings. The molecule has 2 saturated heterocycles. The molecule has 18 heavy (non-hydrogen) atoms. The van der Waals surface area contributed by atoms with Gasteiger partial charge in [-0.15, -0.1) is 0 Å². The Morgan fingerprint density at radius 3 is 2.22 bits per heavy atom. The van der Waals surface area contributed by atoms with E-state index in [9.17, 15) is 14.7 Å². The summed E-state index contributed by atoms with van der Waals surface area (Å²) < 4.78 is 0. The van der Waals surface area contributed by atoms with Crippen LogP contribution < -0.4 is 0 Å². The maximum atomic E-state index is 12.4. The van der Waals surface area contributed by atoms with Crippen molar-refractivity contribution in [2.45, 2.75) is 45.1 Å². The van der Waals surface area contributed by atoms with E-state index in [2.05, 4.69) is 0 Å². The monoisotopic (exact) mass is 254 g/mol. The zero-order valence-electron chi connectivity index (χ0n) is 11.0. The number of hydrogen-bond donors (Lipinski definition) is 1. The summed E-state index contributed by atoms with van der Waals surface area (Å²) in [6.07, 6.45) is 5.20. The van der Waals surface area contributed by atoms with Gasteiger partial charge in [-0.25, -0.2) is 9.59 Å². The van der Waals surface area contributed by atoms with Crippen LogP contribution >= 0.6 is 0 Å². The quantitative estimate of drug-likeness (QED) is 0.776. The lowest BCUT2D eigenvalue weighted by molar-refractivity contribution is -0.142. The number of carbonyl (C=O) groups excluding carboxylic acids is 1. The van der Waals surface area contributed by atoms with Gasteiger partial charge in [0.25, 0.3) is 0 Å². The fourth-order valence-electron chi connectivity index (χ4n) is 2.98. The number of hydrogen-bond acceptors (Lipinski definition) is 2. The predicted octanol–water partition coefficient (Wildman–Crippen LogP) is 1.78. The molecule has 2 amide bonds. The minimum atomic E-state index is -0.872. The molecule has 5 heteroatoms. The molecule has 0 aromatic carbocycles. The van der Waals surface area contributed by atoms with Crippen LogP contribution in [0.3, 0.4) is 0 Å². The van der Waals surface area contributed by atoms with E-state index in [-0.39, 0.29) is 11.9 Å². The molecule has 5 nitrogen and oxygen atoms in total. The van der Waals surface area contributed by atoms with Crippen LogP contribution in [0.1, 0.15) is 39.0 Å². The van der Waals surface area contributed by atoms with Gasteiger partial charge in [0.05, 0.1) is 0 Å². The van der Waals surface area contributed by atoms with Crippen LogP contribution in [0.5, 0.6) is 0 Å². The van der Waals surface area contributed by atoms with E-state index in [1.807, 2.05) is 11.8 Å². The molecule has 0 radical (unpaired) electrons. The molecule has 2 unspecified atom stereocenters. The number of carbonyl (C=O) groups is 2. The van der Waals surface area contributed by atoms with Gasteiger partial charge in [-0.3, -0.25) is 0 Å². The van der Waals surface area contributed by atoms with E-state index in [0.29, 0.717) is 6.54 Å². The van der Waals surface area contributed by atoms with Crippen molar-refractivity contribution < 1.29 is 14.7 Å². The minimum absolute atomic E-state index is 0.0541. The number of urea groups is 1. The Balaban J connectivity index is 2.05. The summed E-state index contributed by atoms with van der Waals surface area (Å²) in [6.45, 7) is 4.04. The number of nitrogens with zero attached hydrogens (tertiary/aromatic N) is 2. The average Bonchev–Trinajstić information content (AvgIpc) is 2.56. The Bertz CT molecular complexity index is 324. The maximum absolute atomic E-state index is 12.4. The first-order valence-corrected chi connectivity index (χ1v) is 6.89. The molecule has 0 spiro atoms. The number of carboxylic acid groups (broad SMARTS) is 1. The van der Waals surface area contributed by atoms with Gasteiger partial charge in [-0.2, -0.15) is 0 Å². The van der Waals surface area contributed by atoms with Crippen molar-refractivity contribution >= 4 is 12.0 Å². The zero-order chi connectivity index (χ0) is 13.1. The van der Waals surface area contributed by atoms with Crippen molar-refractivity contribution in [3.63, 3.8) is 0 Å². The molecule has 2 fully saturated rings. The fraction of sp³-hybridized carbons (Fsp3) is 0.846. The van der Waals surface area contributed by atoms with Gasteiger partial charge in [0.15, 0.2) is 0 Å². The molecule has 0 saturated carbocycles. The van der Waals surface area contributed by atoms with E-state index in [1.165, 1.54) is 12.8 Å². The SMILES string of the molecule is CC1CCN(C(=O)N2CCCCCC2)C1C(=O)O. The normalized spacial score (nSPS) is 29.2. The second-order valence-electron chi connectivity index (χ2n) is 5.43. The average molecular weight is 254 g/mol. The Kier molecular flexibility index (Phi) is 4.09. The van der Waals surface area contributed by atoms with Gasteiger partial charge < -0.3 is 14.9 Å². The highest BCUT2D eigenvalue weighted by Crippen LogP contribution is 2.26. The summed E-state index contributed by atoms with van der Waals surface area (Å²) in [5.41, 5.74) is 0. The molecule has 0 bridgehead atoms. The van der Waals surface area contributed by atoms with Crippen molar-refractivity contribution in [1.29, 1.82) is 0 Å². The van der Waals surface area contributed by atoms with Gasteiger partial charge in [-0.05, 0) is 25.2 Å². The lowest BCUT2D eigenvalue weighted by atomic mass is 10.0. The highest BCUT2D eigenvalue weighted by Gasteiger charge is 2.40. The third-order valence-corrected chi connectivity index (χ3v) is 4.08. The first-order valence-electron chi connectivity index (χ1n) is 6.89. The summed E-state index contributed by atoms with van der Waals surface area (Å²) >= 11 is 0. The lowest BCUT2D eigenvalue weighted by Gasteiger charge is -2.30. The third kappa shape index (κ3) is 2.60. The molecule has 0 aliphatic carbocycles. The minimum Gasteiger partial charge on any atom is -0.480 e.